The van der Waals surface area contributed by atoms with Crippen molar-refractivity contribution >= 4 is 23.8 Å². The van der Waals surface area contributed by atoms with Crippen molar-refractivity contribution in [3.8, 4) is 17.0 Å². The molecule has 3 aromatic rings. The van der Waals surface area contributed by atoms with Gasteiger partial charge in [-0.15, -0.1) is 0 Å². The van der Waals surface area contributed by atoms with Crippen molar-refractivity contribution in [2.24, 2.45) is 0 Å². The number of nitrogens with zero attached hydrogens (tertiary/aromatic N) is 2. The standard InChI is InChI=1S/C15H13N3O3S/c1-2-21-10-5-3-9(4-6-10)12-7-13(22)18-14(17-12)11(8-16-18)15(19)20/h3-8,16H,2H2,1H3,(H,19,20). The second kappa shape index (κ2) is 5.61. The van der Waals surface area contributed by atoms with Crippen LogP contribution in [0.1, 0.15) is 17.3 Å². The van der Waals surface area contributed by atoms with E-state index in [9.17, 15) is 9.90 Å². The molecule has 0 amide bonds. The van der Waals surface area contributed by atoms with Crippen molar-refractivity contribution in [2.75, 3.05) is 6.61 Å². The van der Waals surface area contributed by atoms with E-state index < -0.39 is 5.97 Å². The number of fused-ring (bicyclic) bond motifs is 1. The van der Waals surface area contributed by atoms with E-state index in [1.165, 1.54) is 10.7 Å². The first-order valence-electron chi connectivity index (χ1n) is 6.68. The number of carboxylic acids is 1. The number of hydrogen-bond acceptors (Lipinski definition) is 4. The van der Waals surface area contributed by atoms with Gasteiger partial charge in [-0.2, -0.15) is 0 Å². The minimum atomic E-state index is -1.05. The molecule has 0 fully saturated rings. The number of hydrogen-bond donors (Lipinski definition) is 2. The number of rotatable bonds is 4. The fourth-order valence-electron chi connectivity index (χ4n) is 2.18. The minimum Gasteiger partial charge on any atom is -0.494 e. The third-order valence-corrected chi connectivity index (χ3v) is 3.49. The van der Waals surface area contributed by atoms with E-state index in [4.69, 9.17) is 17.0 Å². The molecule has 2 N–H and O–H groups in total. The van der Waals surface area contributed by atoms with Crippen molar-refractivity contribution in [3.05, 3.63) is 46.7 Å². The Labute approximate surface area is 131 Å². The van der Waals surface area contributed by atoms with Crippen LogP contribution in [0.15, 0.2) is 36.5 Å². The summed E-state index contributed by atoms with van der Waals surface area (Å²) in [5.41, 5.74) is 1.84. The average molecular weight is 315 g/mol. The molecule has 112 valence electrons. The Morgan fingerprint density at radius 2 is 2.14 bits per heavy atom. The van der Waals surface area contributed by atoms with Gasteiger partial charge in [-0.25, -0.2) is 14.3 Å². The number of aromatic nitrogens is 3. The van der Waals surface area contributed by atoms with Gasteiger partial charge in [0, 0.05) is 17.8 Å². The molecular weight excluding hydrogens is 302 g/mol. The van der Waals surface area contributed by atoms with Crippen LogP contribution in [0.4, 0.5) is 0 Å². The van der Waals surface area contributed by atoms with Gasteiger partial charge in [0.15, 0.2) is 5.65 Å². The van der Waals surface area contributed by atoms with Gasteiger partial charge < -0.3 is 9.84 Å². The molecule has 0 saturated heterocycles. The lowest BCUT2D eigenvalue weighted by atomic mass is 10.1. The van der Waals surface area contributed by atoms with E-state index in [1.807, 2.05) is 31.2 Å². The highest BCUT2D eigenvalue weighted by molar-refractivity contribution is 7.71. The maximum absolute atomic E-state index is 11.2. The molecule has 0 bridgehead atoms. The number of aromatic amines is 1. The predicted octanol–water partition coefficient (Wildman–Crippen LogP) is 3.16. The molecule has 0 aliphatic heterocycles. The van der Waals surface area contributed by atoms with E-state index in [1.54, 1.807) is 6.07 Å². The van der Waals surface area contributed by atoms with Gasteiger partial charge in [-0.05, 0) is 31.2 Å². The number of nitrogens with one attached hydrogen (secondary N) is 1. The molecule has 0 radical (unpaired) electrons. The van der Waals surface area contributed by atoms with Crippen molar-refractivity contribution in [1.82, 2.24) is 14.6 Å². The Hall–Kier alpha value is -2.67. The first kappa shape index (κ1) is 14.3. The van der Waals surface area contributed by atoms with E-state index in [0.29, 0.717) is 22.6 Å². The zero-order valence-corrected chi connectivity index (χ0v) is 12.6. The Balaban J connectivity index is 2.12. The van der Waals surface area contributed by atoms with Crippen LogP contribution in [-0.4, -0.2) is 32.3 Å². The van der Waals surface area contributed by atoms with Crippen LogP contribution >= 0.6 is 12.2 Å². The molecule has 3 rings (SSSR count). The fourth-order valence-corrected chi connectivity index (χ4v) is 2.43. The summed E-state index contributed by atoms with van der Waals surface area (Å²) in [6.45, 7) is 2.52. The lowest BCUT2D eigenvalue weighted by Gasteiger charge is -2.05. The van der Waals surface area contributed by atoms with Crippen molar-refractivity contribution in [2.45, 2.75) is 6.92 Å². The molecule has 7 heteroatoms. The highest BCUT2D eigenvalue weighted by Gasteiger charge is 2.14. The zero-order valence-electron chi connectivity index (χ0n) is 11.7. The number of H-pyrrole nitrogens is 1. The SMILES string of the molecule is CCOc1ccc(-c2cc(=S)n3[nH]cc(C(=O)O)c3n2)cc1. The van der Waals surface area contributed by atoms with Crippen molar-refractivity contribution < 1.29 is 14.6 Å². The Bertz CT molecular complexity index is 897. The van der Waals surface area contributed by atoms with E-state index in [0.717, 1.165) is 11.3 Å². The summed E-state index contributed by atoms with van der Waals surface area (Å²) in [7, 11) is 0. The molecule has 0 aliphatic rings. The third-order valence-electron chi connectivity index (χ3n) is 3.19. The van der Waals surface area contributed by atoms with Crippen LogP contribution in [0.5, 0.6) is 5.75 Å². The number of aromatic carboxylic acids is 1. The maximum atomic E-state index is 11.2. The van der Waals surface area contributed by atoms with Gasteiger partial charge in [0.1, 0.15) is 16.0 Å². The van der Waals surface area contributed by atoms with Gasteiger partial charge in [0.25, 0.3) is 0 Å². The number of carboxylic acid groups (broad SMARTS) is 1. The summed E-state index contributed by atoms with van der Waals surface area (Å²) >= 11 is 5.28. The largest absolute Gasteiger partial charge is 0.494 e. The van der Waals surface area contributed by atoms with Gasteiger partial charge in [0.05, 0.1) is 12.3 Å². The zero-order chi connectivity index (χ0) is 15.7. The van der Waals surface area contributed by atoms with Crippen LogP contribution in [0.2, 0.25) is 0 Å². The summed E-state index contributed by atoms with van der Waals surface area (Å²) < 4.78 is 7.33. The van der Waals surface area contributed by atoms with Gasteiger partial charge in [-0.3, -0.25) is 5.10 Å². The monoisotopic (exact) mass is 315 g/mol. The Kier molecular flexibility index (Phi) is 3.64. The van der Waals surface area contributed by atoms with E-state index in [2.05, 4.69) is 10.1 Å². The quantitative estimate of drug-likeness (QED) is 0.723. The topological polar surface area (TPSA) is 79.6 Å². The Morgan fingerprint density at radius 1 is 1.41 bits per heavy atom. The fraction of sp³-hybridized carbons (Fsp3) is 0.133. The van der Waals surface area contributed by atoms with E-state index >= 15 is 0 Å². The van der Waals surface area contributed by atoms with Gasteiger partial charge in [-0.1, -0.05) is 12.2 Å². The molecule has 0 unspecified atom stereocenters. The highest BCUT2D eigenvalue weighted by Crippen LogP contribution is 2.22. The maximum Gasteiger partial charge on any atom is 0.341 e. The lowest BCUT2D eigenvalue weighted by molar-refractivity contribution is 0.0699. The van der Waals surface area contributed by atoms with Crippen LogP contribution in [0.3, 0.4) is 0 Å². The van der Waals surface area contributed by atoms with Gasteiger partial charge >= 0.3 is 5.97 Å². The third kappa shape index (κ3) is 2.46. The van der Waals surface area contributed by atoms with Crippen LogP contribution < -0.4 is 4.74 Å². The summed E-state index contributed by atoms with van der Waals surface area (Å²) in [5, 5.41) is 12.0. The molecule has 6 nitrogen and oxygen atoms in total. The molecule has 0 spiro atoms. The Morgan fingerprint density at radius 3 is 2.77 bits per heavy atom. The molecular formula is C15H13N3O3S. The summed E-state index contributed by atoms with van der Waals surface area (Å²) in [6, 6.07) is 9.14. The van der Waals surface area contributed by atoms with Crippen LogP contribution in [-0.2, 0) is 0 Å². The van der Waals surface area contributed by atoms with Gasteiger partial charge in [0.2, 0.25) is 0 Å². The van der Waals surface area contributed by atoms with Crippen LogP contribution in [0, 0.1) is 4.64 Å². The lowest BCUT2D eigenvalue weighted by Crippen LogP contribution is -1.99. The number of benzene rings is 1. The number of ether oxygens (including phenoxy) is 1. The second-order valence-corrected chi connectivity index (χ2v) is 5.01. The van der Waals surface area contributed by atoms with Crippen molar-refractivity contribution in [3.63, 3.8) is 0 Å². The molecule has 1 aromatic carbocycles. The summed E-state index contributed by atoms with van der Waals surface area (Å²) in [4.78, 5) is 15.6. The molecule has 0 aliphatic carbocycles. The first-order valence-corrected chi connectivity index (χ1v) is 7.08. The van der Waals surface area contributed by atoms with Crippen LogP contribution in [0.25, 0.3) is 16.9 Å². The average Bonchev–Trinajstić information content (AvgIpc) is 2.93. The molecule has 2 aromatic heterocycles. The molecule has 22 heavy (non-hydrogen) atoms. The smallest absolute Gasteiger partial charge is 0.341 e. The molecule has 0 atom stereocenters. The molecule has 0 saturated carbocycles. The summed E-state index contributed by atoms with van der Waals surface area (Å²) in [5.74, 6) is -0.280. The molecule has 2 heterocycles. The van der Waals surface area contributed by atoms with Crippen molar-refractivity contribution in [1.29, 1.82) is 0 Å². The minimum absolute atomic E-state index is 0.0823. The highest BCUT2D eigenvalue weighted by atomic mass is 32.1. The second-order valence-electron chi connectivity index (χ2n) is 4.59. The predicted molar refractivity (Wildman–Crippen MR) is 83.9 cm³/mol. The summed E-state index contributed by atoms with van der Waals surface area (Å²) in [6.07, 6.45) is 1.38. The number of carbonyl (C=O) groups is 1. The van der Waals surface area contributed by atoms with E-state index in [-0.39, 0.29) is 5.56 Å². The first-order chi connectivity index (χ1) is 10.6. The normalized spacial score (nSPS) is 10.8.